The minimum atomic E-state index is -0.346. The standard InChI is InChI=1S/C11H11FO3/c12-9-7-11-10(14-4-5-15-11)6-8(9)2-1-3-13/h3,6-7H,1-2,4-5H2. The van der Waals surface area contributed by atoms with Gasteiger partial charge in [-0.3, -0.25) is 0 Å². The number of halogens is 1. The molecule has 0 aliphatic carbocycles. The molecule has 0 amide bonds. The zero-order chi connectivity index (χ0) is 10.7. The van der Waals surface area contributed by atoms with E-state index in [-0.39, 0.29) is 5.82 Å². The summed E-state index contributed by atoms with van der Waals surface area (Å²) in [5.41, 5.74) is 0.492. The average Bonchev–Trinajstić information content (AvgIpc) is 2.26. The summed E-state index contributed by atoms with van der Waals surface area (Å²) in [6.07, 6.45) is 1.48. The van der Waals surface area contributed by atoms with Crippen LogP contribution in [0.15, 0.2) is 12.1 Å². The fraction of sp³-hybridized carbons (Fsp3) is 0.364. The molecule has 1 heterocycles. The SMILES string of the molecule is O=CCCc1cc2c(cc1F)OCCO2. The van der Waals surface area contributed by atoms with Gasteiger partial charge in [-0.1, -0.05) is 0 Å². The van der Waals surface area contributed by atoms with E-state index in [1.807, 2.05) is 0 Å². The number of carbonyl (C=O) groups is 1. The van der Waals surface area contributed by atoms with Crippen LogP contribution in [0.3, 0.4) is 0 Å². The maximum Gasteiger partial charge on any atom is 0.164 e. The lowest BCUT2D eigenvalue weighted by Crippen LogP contribution is -2.16. The van der Waals surface area contributed by atoms with Crippen LogP contribution in [0.2, 0.25) is 0 Å². The highest BCUT2D eigenvalue weighted by Gasteiger charge is 2.15. The number of benzene rings is 1. The Hall–Kier alpha value is -1.58. The number of rotatable bonds is 3. The molecule has 1 aliphatic rings. The minimum absolute atomic E-state index is 0.316. The molecular formula is C11H11FO3. The van der Waals surface area contributed by atoms with Gasteiger partial charge in [0.15, 0.2) is 11.5 Å². The van der Waals surface area contributed by atoms with Gasteiger partial charge in [0.25, 0.3) is 0 Å². The summed E-state index contributed by atoms with van der Waals surface area (Å²) in [4.78, 5) is 10.2. The molecule has 80 valence electrons. The van der Waals surface area contributed by atoms with Crippen molar-refractivity contribution in [3.63, 3.8) is 0 Å². The molecule has 1 aromatic carbocycles. The zero-order valence-electron chi connectivity index (χ0n) is 8.16. The molecule has 0 saturated carbocycles. The maximum atomic E-state index is 13.4. The van der Waals surface area contributed by atoms with E-state index in [9.17, 15) is 9.18 Å². The van der Waals surface area contributed by atoms with Crippen LogP contribution in [0.25, 0.3) is 0 Å². The first-order valence-electron chi connectivity index (χ1n) is 4.83. The molecule has 0 fully saturated rings. The summed E-state index contributed by atoms with van der Waals surface area (Å²) >= 11 is 0. The third kappa shape index (κ3) is 2.09. The third-order valence-electron chi connectivity index (χ3n) is 2.24. The van der Waals surface area contributed by atoms with Crippen molar-refractivity contribution in [3.8, 4) is 11.5 Å². The van der Waals surface area contributed by atoms with E-state index in [1.54, 1.807) is 6.07 Å². The van der Waals surface area contributed by atoms with Gasteiger partial charge in [0.2, 0.25) is 0 Å². The molecule has 1 aromatic rings. The van der Waals surface area contributed by atoms with E-state index >= 15 is 0 Å². The quantitative estimate of drug-likeness (QED) is 0.713. The molecule has 4 heteroatoms. The van der Waals surface area contributed by atoms with Gasteiger partial charge in [-0.2, -0.15) is 0 Å². The Balaban J connectivity index is 2.27. The second-order valence-electron chi connectivity index (χ2n) is 3.29. The summed E-state index contributed by atoms with van der Waals surface area (Å²) < 4.78 is 24.0. The molecule has 0 saturated heterocycles. The van der Waals surface area contributed by atoms with Crippen molar-refractivity contribution in [1.82, 2.24) is 0 Å². The van der Waals surface area contributed by atoms with Crippen molar-refractivity contribution >= 4 is 6.29 Å². The number of carbonyl (C=O) groups excluding carboxylic acids is 1. The number of hydrogen-bond acceptors (Lipinski definition) is 3. The van der Waals surface area contributed by atoms with Crippen molar-refractivity contribution in [2.75, 3.05) is 13.2 Å². The Labute approximate surface area is 86.8 Å². The summed E-state index contributed by atoms with van der Waals surface area (Å²) in [5, 5.41) is 0. The lowest BCUT2D eigenvalue weighted by Gasteiger charge is -2.19. The smallest absolute Gasteiger partial charge is 0.164 e. The molecule has 1 aliphatic heterocycles. The van der Waals surface area contributed by atoms with E-state index in [4.69, 9.17) is 9.47 Å². The molecule has 15 heavy (non-hydrogen) atoms. The number of aryl methyl sites for hydroxylation is 1. The predicted octanol–water partition coefficient (Wildman–Crippen LogP) is 1.73. The number of fused-ring (bicyclic) bond motifs is 1. The monoisotopic (exact) mass is 210 g/mol. The second-order valence-corrected chi connectivity index (χ2v) is 3.29. The molecule has 0 bridgehead atoms. The van der Waals surface area contributed by atoms with Crippen molar-refractivity contribution in [1.29, 1.82) is 0 Å². The van der Waals surface area contributed by atoms with Gasteiger partial charge in [0.1, 0.15) is 25.3 Å². The first kappa shape index (κ1) is 9.96. The number of aldehydes is 1. The Morgan fingerprint density at radius 1 is 1.27 bits per heavy atom. The van der Waals surface area contributed by atoms with Crippen LogP contribution in [-0.4, -0.2) is 19.5 Å². The summed E-state index contributed by atoms with van der Waals surface area (Å²) in [7, 11) is 0. The average molecular weight is 210 g/mol. The van der Waals surface area contributed by atoms with Crippen molar-refractivity contribution in [2.24, 2.45) is 0 Å². The lowest BCUT2D eigenvalue weighted by molar-refractivity contribution is -0.107. The van der Waals surface area contributed by atoms with Gasteiger partial charge in [-0.15, -0.1) is 0 Å². The number of hydrogen-bond donors (Lipinski definition) is 0. The van der Waals surface area contributed by atoms with Crippen LogP contribution in [-0.2, 0) is 11.2 Å². The molecular weight excluding hydrogens is 199 g/mol. The van der Waals surface area contributed by atoms with E-state index in [0.717, 1.165) is 6.29 Å². The van der Waals surface area contributed by atoms with Gasteiger partial charge in [0.05, 0.1) is 0 Å². The Morgan fingerprint density at radius 2 is 1.93 bits per heavy atom. The highest BCUT2D eigenvalue weighted by Crippen LogP contribution is 2.32. The van der Waals surface area contributed by atoms with Gasteiger partial charge in [-0.05, 0) is 18.1 Å². The van der Waals surface area contributed by atoms with Crippen molar-refractivity contribution < 1.29 is 18.7 Å². The largest absolute Gasteiger partial charge is 0.486 e. The molecule has 0 unspecified atom stereocenters. The molecule has 0 radical (unpaired) electrons. The molecule has 0 spiro atoms. The van der Waals surface area contributed by atoms with Gasteiger partial charge in [-0.25, -0.2) is 4.39 Å². The molecule has 0 atom stereocenters. The van der Waals surface area contributed by atoms with Crippen LogP contribution in [0.1, 0.15) is 12.0 Å². The topological polar surface area (TPSA) is 35.5 Å². The minimum Gasteiger partial charge on any atom is -0.486 e. The van der Waals surface area contributed by atoms with E-state index < -0.39 is 0 Å². The summed E-state index contributed by atoms with van der Waals surface area (Å²) in [6.45, 7) is 0.922. The first-order chi connectivity index (χ1) is 7.31. The summed E-state index contributed by atoms with van der Waals surface area (Å²) in [6, 6.07) is 2.92. The Kier molecular flexibility index (Phi) is 2.85. The highest BCUT2D eigenvalue weighted by molar-refractivity contribution is 5.51. The van der Waals surface area contributed by atoms with Crippen LogP contribution in [0.5, 0.6) is 11.5 Å². The highest BCUT2D eigenvalue weighted by atomic mass is 19.1. The van der Waals surface area contributed by atoms with Crippen molar-refractivity contribution in [3.05, 3.63) is 23.5 Å². The normalized spacial score (nSPS) is 13.7. The van der Waals surface area contributed by atoms with E-state index in [2.05, 4.69) is 0 Å². The Bertz CT molecular complexity index is 376. The van der Waals surface area contributed by atoms with Crippen LogP contribution in [0, 0.1) is 5.82 Å². The molecule has 0 aromatic heterocycles. The van der Waals surface area contributed by atoms with Crippen molar-refractivity contribution in [2.45, 2.75) is 12.8 Å². The predicted molar refractivity (Wildman–Crippen MR) is 51.8 cm³/mol. The van der Waals surface area contributed by atoms with Gasteiger partial charge in [0, 0.05) is 12.5 Å². The van der Waals surface area contributed by atoms with E-state index in [1.165, 1.54) is 6.07 Å². The maximum absolute atomic E-state index is 13.4. The van der Waals surface area contributed by atoms with Gasteiger partial charge >= 0.3 is 0 Å². The first-order valence-corrected chi connectivity index (χ1v) is 4.83. The molecule has 0 N–H and O–H groups in total. The summed E-state index contributed by atoms with van der Waals surface area (Å²) in [5.74, 6) is 0.651. The van der Waals surface area contributed by atoms with Crippen LogP contribution >= 0.6 is 0 Å². The molecule has 3 nitrogen and oxygen atoms in total. The Morgan fingerprint density at radius 3 is 2.60 bits per heavy atom. The molecule has 2 rings (SSSR count). The zero-order valence-corrected chi connectivity index (χ0v) is 8.16. The third-order valence-corrected chi connectivity index (χ3v) is 2.24. The fourth-order valence-corrected chi connectivity index (χ4v) is 1.51. The van der Waals surface area contributed by atoms with Gasteiger partial charge < -0.3 is 14.3 Å². The number of ether oxygens (including phenoxy) is 2. The van der Waals surface area contributed by atoms with E-state index in [0.29, 0.717) is 43.1 Å². The lowest BCUT2D eigenvalue weighted by atomic mass is 10.1. The fourth-order valence-electron chi connectivity index (χ4n) is 1.51. The second kappa shape index (κ2) is 4.29. The van der Waals surface area contributed by atoms with Crippen LogP contribution in [0.4, 0.5) is 4.39 Å². The van der Waals surface area contributed by atoms with Crippen LogP contribution < -0.4 is 9.47 Å².